The van der Waals surface area contributed by atoms with Crippen LogP contribution >= 0.6 is 0 Å². The Labute approximate surface area is 117 Å². The lowest BCUT2D eigenvalue weighted by molar-refractivity contribution is 0.0380. The van der Waals surface area contributed by atoms with Crippen LogP contribution in [0.1, 0.15) is 27.3 Å². The van der Waals surface area contributed by atoms with Crippen LogP contribution in [-0.2, 0) is 9.47 Å². The second-order valence-corrected chi connectivity index (χ2v) is 4.71. The molecule has 0 aliphatic carbocycles. The number of ether oxygens (including phenoxy) is 2. The van der Waals surface area contributed by atoms with Crippen molar-refractivity contribution in [3.63, 3.8) is 0 Å². The van der Waals surface area contributed by atoms with Crippen LogP contribution in [0.3, 0.4) is 0 Å². The quantitative estimate of drug-likeness (QED) is 0.632. The van der Waals surface area contributed by atoms with E-state index in [-0.39, 0.29) is 12.3 Å². The van der Waals surface area contributed by atoms with Gasteiger partial charge in [0.1, 0.15) is 6.61 Å². The van der Waals surface area contributed by atoms with Gasteiger partial charge in [-0.1, -0.05) is 0 Å². The molecule has 0 N–H and O–H groups in total. The summed E-state index contributed by atoms with van der Waals surface area (Å²) in [6.07, 6.45) is 0. The molecular weight excluding hydrogens is 256 g/mol. The highest BCUT2D eigenvalue weighted by Gasteiger charge is 2.15. The Morgan fingerprint density at radius 1 is 1.05 bits per heavy atom. The van der Waals surface area contributed by atoms with Crippen molar-refractivity contribution in [1.29, 1.82) is 0 Å². The Morgan fingerprint density at radius 3 is 2.25 bits per heavy atom. The Bertz CT molecular complexity index is 653. The van der Waals surface area contributed by atoms with E-state index < -0.39 is 5.97 Å². The number of fused-ring (bicyclic) bond motifs is 1. The summed E-state index contributed by atoms with van der Waals surface area (Å²) in [5, 5.41) is 0. The van der Waals surface area contributed by atoms with E-state index in [2.05, 4.69) is 9.97 Å². The molecule has 106 valence electrons. The van der Waals surface area contributed by atoms with Gasteiger partial charge < -0.3 is 9.47 Å². The van der Waals surface area contributed by atoms with E-state index in [1.807, 2.05) is 26.0 Å². The topological polar surface area (TPSA) is 61.3 Å². The molecule has 0 spiro atoms. The van der Waals surface area contributed by atoms with Gasteiger partial charge in [-0.15, -0.1) is 0 Å². The highest BCUT2D eigenvalue weighted by atomic mass is 16.6. The van der Waals surface area contributed by atoms with Gasteiger partial charge in [0.2, 0.25) is 0 Å². The first-order chi connectivity index (χ1) is 9.52. The minimum atomic E-state index is -0.466. The first-order valence-electron chi connectivity index (χ1n) is 6.44. The Balaban J connectivity index is 2.37. The van der Waals surface area contributed by atoms with Crippen LogP contribution in [0.25, 0.3) is 11.0 Å². The Hall–Kier alpha value is -2.01. The summed E-state index contributed by atoms with van der Waals surface area (Å²) in [6, 6.07) is 3.91. The molecule has 1 heterocycles. The van der Waals surface area contributed by atoms with E-state index in [0.717, 1.165) is 16.6 Å². The third-order valence-electron chi connectivity index (χ3n) is 3.17. The summed E-state index contributed by atoms with van der Waals surface area (Å²) < 4.78 is 9.93. The van der Waals surface area contributed by atoms with Gasteiger partial charge in [0.15, 0.2) is 5.69 Å². The number of hydrogen-bond acceptors (Lipinski definition) is 5. The molecule has 0 aliphatic heterocycles. The van der Waals surface area contributed by atoms with Gasteiger partial charge in [-0.25, -0.2) is 14.8 Å². The summed E-state index contributed by atoms with van der Waals surface area (Å²) in [4.78, 5) is 20.8. The number of nitrogens with zero attached hydrogens (tertiary/aromatic N) is 2. The van der Waals surface area contributed by atoms with Crippen molar-refractivity contribution in [2.45, 2.75) is 20.8 Å². The molecule has 5 heteroatoms. The molecule has 0 unspecified atom stereocenters. The molecule has 0 bridgehead atoms. The van der Waals surface area contributed by atoms with E-state index in [1.54, 1.807) is 14.0 Å². The second-order valence-electron chi connectivity index (χ2n) is 4.71. The van der Waals surface area contributed by atoms with Crippen LogP contribution < -0.4 is 0 Å². The molecule has 0 aliphatic rings. The number of benzene rings is 1. The molecule has 1 aromatic carbocycles. The lowest BCUT2D eigenvalue weighted by atomic mass is 10.1. The van der Waals surface area contributed by atoms with E-state index in [1.165, 1.54) is 0 Å². The van der Waals surface area contributed by atoms with E-state index in [9.17, 15) is 4.79 Å². The fourth-order valence-corrected chi connectivity index (χ4v) is 1.88. The van der Waals surface area contributed by atoms with Gasteiger partial charge in [0.25, 0.3) is 0 Å². The second kappa shape index (κ2) is 5.96. The van der Waals surface area contributed by atoms with Gasteiger partial charge in [0, 0.05) is 7.11 Å². The number of esters is 1. The number of methoxy groups -OCH3 is 1. The molecule has 1 aromatic heterocycles. The minimum Gasteiger partial charge on any atom is -0.458 e. The lowest BCUT2D eigenvalue weighted by Gasteiger charge is -2.08. The van der Waals surface area contributed by atoms with Crippen molar-refractivity contribution >= 4 is 17.0 Å². The standard InChI is InChI=1S/C15H18N2O3/c1-9-7-12-13(8-10(9)2)17-14(11(3)16-12)15(18)20-6-5-19-4/h7-8H,5-6H2,1-4H3. The molecule has 0 saturated carbocycles. The van der Waals surface area contributed by atoms with Gasteiger partial charge in [-0.3, -0.25) is 0 Å². The Kier molecular flexibility index (Phi) is 4.29. The molecule has 5 nitrogen and oxygen atoms in total. The van der Waals surface area contributed by atoms with E-state index >= 15 is 0 Å². The maximum Gasteiger partial charge on any atom is 0.358 e. The van der Waals surface area contributed by atoms with Crippen molar-refractivity contribution in [3.8, 4) is 0 Å². The molecule has 0 amide bonds. The van der Waals surface area contributed by atoms with Crippen molar-refractivity contribution in [2.24, 2.45) is 0 Å². The number of hydrogen-bond donors (Lipinski definition) is 0. The molecule has 2 aromatic rings. The first kappa shape index (κ1) is 14.4. The summed E-state index contributed by atoms with van der Waals surface area (Å²) >= 11 is 0. The lowest BCUT2D eigenvalue weighted by Crippen LogP contribution is -2.14. The summed E-state index contributed by atoms with van der Waals surface area (Å²) in [6.45, 7) is 6.37. The number of carbonyl (C=O) groups excluding carboxylic acids is 1. The largest absolute Gasteiger partial charge is 0.458 e. The fraction of sp³-hybridized carbons (Fsp3) is 0.400. The van der Waals surface area contributed by atoms with Crippen molar-refractivity contribution in [1.82, 2.24) is 9.97 Å². The average Bonchev–Trinajstić information content (AvgIpc) is 2.40. The minimum absolute atomic E-state index is 0.210. The van der Waals surface area contributed by atoms with Gasteiger partial charge >= 0.3 is 5.97 Å². The smallest absolute Gasteiger partial charge is 0.358 e. The number of aryl methyl sites for hydroxylation is 3. The predicted octanol–water partition coefficient (Wildman–Crippen LogP) is 2.36. The van der Waals surface area contributed by atoms with Gasteiger partial charge in [-0.2, -0.15) is 0 Å². The van der Waals surface area contributed by atoms with E-state index in [0.29, 0.717) is 17.8 Å². The molecule has 0 radical (unpaired) electrons. The highest BCUT2D eigenvalue weighted by molar-refractivity contribution is 5.91. The maximum absolute atomic E-state index is 12.0. The van der Waals surface area contributed by atoms with E-state index in [4.69, 9.17) is 9.47 Å². The Morgan fingerprint density at radius 2 is 1.65 bits per heavy atom. The summed E-state index contributed by atoms with van der Waals surface area (Å²) in [7, 11) is 1.56. The van der Waals surface area contributed by atoms with Crippen LogP contribution in [0.5, 0.6) is 0 Å². The maximum atomic E-state index is 12.0. The molecule has 2 rings (SSSR count). The van der Waals surface area contributed by atoms with Crippen molar-refractivity contribution in [2.75, 3.05) is 20.3 Å². The van der Waals surface area contributed by atoms with Crippen LogP contribution in [0.4, 0.5) is 0 Å². The number of carbonyl (C=O) groups is 1. The molecular formula is C15H18N2O3. The van der Waals surface area contributed by atoms with Crippen molar-refractivity contribution < 1.29 is 14.3 Å². The highest BCUT2D eigenvalue weighted by Crippen LogP contribution is 2.18. The van der Waals surface area contributed by atoms with Gasteiger partial charge in [-0.05, 0) is 44.0 Å². The monoisotopic (exact) mass is 274 g/mol. The molecule has 0 fully saturated rings. The van der Waals surface area contributed by atoms with Crippen LogP contribution in [-0.4, -0.2) is 36.3 Å². The molecule has 20 heavy (non-hydrogen) atoms. The third-order valence-corrected chi connectivity index (χ3v) is 3.17. The van der Waals surface area contributed by atoms with Crippen molar-refractivity contribution in [3.05, 3.63) is 34.6 Å². The van der Waals surface area contributed by atoms with Crippen LogP contribution in [0.2, 0.25) is 0 Å². The summed E-state index contributed by atoms with van der Waals surface area (Å²) in [5.41, 5.74) is 4.60. The van der Waals surface area contributed by atoms with Crippen LogP contribution in [0, 0.1) is 20.8 Å². The third kappa shape index (κ3) is 2.93. The summed E-state index contributed by atoms with van der Waals surface area (Å²) in [5.74, 6) is -0.466. The zero-order valence-corrected chi connectivity index (χ0v) is 12.2. The number of rotatable bonds is 4. The number of aromatic nitrogens is 2. The zero-order valence-electron chi connectivity index (χ0n) is 12.2. The molecule has 0 atom stereocenters. The first-order valence-corrected chi connectivity index (χ1v) is 6.44. The normalized spacial score (nSPS) is 10.8. The SMILES string of the molecule is COCCOC(=O)c1nc2cc(C)c(C)cc2nc1C. The van der Waals surface area contributed by atoms with Gasteiger partial charge in [0.05, 0.1) is 23.3 Å². The average molecular weight is 274 g/mol. The molecule has 0 saturated heterocycles. The predicted molar refractivity (Wildman–Crippen MR) is 75.9 cm³/mol. The zero-order chi connectivity index (χ0) is 14.7. The van der Waals surface area contributed by atoms with Crippen LogP contribution in [0.15, 0.2) is 12.1 Å². The fourth-order valence-electron chi connectivity index (χ4n) is 1.88.